The van der Waals surface area contributed by atoms with Gasteiger partial charge in [-0.2, -0.15) is 22.7 Å². The first-order valence-electron chi connectivity index (χ1n) is 8.24. The standard InChI is InChI=1S/C19H13F3N4O2/c20-19(21,22)13-7-4-8-15(9-13)28-11-14-10-16(27)26-18(23-14)24-17(25-26)12-5-2-1-3-6-12/h1-10H,11H2,(H,23,24,25). The zero-order valence-electron chi connectivity index (χ0n) is 14.3. The Balaban J connectivity index is 1.59. The molecule has 28 heavy (non-hydrogen) atoms. The number of alkyl halides is 3. The fourth-order valence-electron chi connectivity index (χ4n) is 2.65. The molecule has 0 saturated heterocycles. The van der Waals surface area contributed by atoms with E-state index >= 15 is 0 Å². The topological polar surface area (TPSA) is 72.3 Å². The Morgan fingerprint density at radius 1 is 1.00 bits per heavy atom. The summed E-state index contributed by atoms with van der Waals surface area (Å²) in [7, 11) is 0. The Morgan fingerprint density at radius 3 is 2.54 bits per heavy atom. The van der Waals surface area contributed by atoms with Crippen LogP contribution in [0.3, 0.4) is 0 Å². The van der Waals surface area contributed by atoms with Crippen molar-refractivity contribution in [3.05, 3.63) is 82.3 Å². The molecule has 0 amide bonds. The maximum atomic E-state index is 12.8. The van der Waals surface area contributed by atoms with Gasteiger partial charge in [0.15, 0.2) is 5.82 Å². The number of rotatable bonds is 4. The third-order valence-corrected chi connectivity index (χ3v) is 3.98. The highest BCUT2D eigenvalue weighted by atomic mass is 19.4. The van der Waals surface area contributed by atoms with Crippen molar-refractivity contribution in [2.75, 3.05) is 0 Å². The van der Waals surface area contributed by atoms with Crippen molar-refractivity contribution >= 4 is 5.78 Å². The van der Waals surface area contributed by atoms with Crippen LogP contribution in [0.15, 0.2) is 65.5 Å². The van der Waals surface area contributed by atoms with Crippen LogP contribution in [0.2, 0.25) is 0 Å². The molecule has 1 N–H and O–H groups in total. The van der Waals surface area contributed by atoms with Gasteiger partial charge in [-0.1, -0.05) is 36.4 Å². The monoisotopic (exact) mass is 386 g/mol. The van der Waals surface area contributed by atoms with Gasteiger partial charge in [-0.25, -0.2) is 4.98 Å². The molecule has 2 aromatic carbocycles. The van der Waals surface area contributed by atoms with Gasteiger partial charge in [0.25, 0.3) is 11.3 Å². The third kappa shape index (κ3) is 3.59. The maximum absolute atomic E-state index is 12.8. The molecule has 0 aliphatic carbocycles. The minimum atomic E-state index is -4.46. The van der Waals surface area contributed by atoms with Gasteiger partial charge in [0.05, 0.1) is 11.3 Å². The van der Waals surface area contributed by atoms with E-state index in [-0.39, 0.29) is 23.8 Å². The van der Waals surface area contributed by atoms with Crippen molar-refractivity contribution in [1.82, 2.24) is 19.6 Å². The third-order valence-electron chi connectivity index (χ3n) is 3.98. The van der Waals surface area contributed by atoms with Crippen LogP contribution in [0.5, 0.6) is 5.75 Å². The lowest BCUT2D eigenvalue weighted by Crippen LogP contribution is -2.16. The number of benzene rings is 2. The lowest BCUT2D eigenvalue weighted by Gasteiger charge is -2.09. The predicted molar refractivity (Wildman–Crippen MR) is 94.8 cm³/mol. The molecule has 0 unspecified atom stereocenters. The SMILES string of the molecule is O=c1cc(COc2cccc(C(F)(F)F)c2)nc2nc(-c3ccccc3)[nH]n12. The molecule has 0 aliphatic rings. The van der Waals surface area contributed by atoms with E-state index in [1.54, 1.807) is 0 Å². The first-order chi connectivity index (χ1) is 13.4. The largest absolute Gasteiger partial charge is 0.487 e. The van der Waals surface area contributed by atoms with Gasteiger partial charge in [0.1, 0.15) is 12.4 Å². The van der Waals surface area contributed by atoms with Crippen LogP contribution in [-0.2, 0) is 12.8 Å². The van der Waals surface area contributed by atoms with E-state index in [1.807, 2.05) is 30.3 Å². The summed E-state index contributed by atoms with van der Waals surface area (Å²) >= 11 is 0. The first-order valence-corrected chi connectivity index (χ1v) is 8.24. The first kappa shape index (κ1) is 17.8. The van der Waals surface area contributed by atoms with Crippen molar-refractivity contribution in [1.29, 1.82) is 0 Å². The molecule has 2 heterocycles. The summed E-state index contributed by atoms with van der Waals surface area (Å²) in [6, 6.07) is 15.0. The van der Waals surface area contributed by atoms with Crippen molar-refractivity contribution in [2.24, 2.45) is 0 Å². The van der Waals surface area contributed by atoms with E-state index in [2.05, 4.69) is 15.1 Å². The minimum absolute atomic E-state index is 0.0313. The number of halogens is 3. The van der Waals surface area contributed by atoms with Crippen LogP contribution in [0.1, 0.15) is 11.3 Å². The Kier molecular flexibility index (Phi) is 4.34. The minimum Gasteiger partial charge on any atom is -0.487 e. The Labute approximate surface area is 156 Å². The summed E-state index contributed by atoms with van der Waals surface area (Å²) in [5.74, 6) is 0.652. The van der Waals surface area contributed by atoms with Crippen LogP contribution in [0, 0.1) is 0 Å². The molecule has 0 bridgehead atoms. The van der Waals surface area contributed by atoms with Gasteiger partial charge in [-0.15, -0.1) is 0 Å². The number of H-pyrrole nitrogens is 1. The Bertz CT molecular complexity index is 1180. The number of ether oxygens (including phenoxy) is 1. The highest BCUT2D eigenvalue weighted by Crippen LogP contribution is 2.31. The fraction of sp³-hybridized carbons (Fsp3) is 0.105. The zero-order chi connectivity index (χ0) is 19.7. The summed E-state index contributed by atoms with van der Waals surface area (Å²) in [5.41, 5.74) is -0.168. The van der Waals surface area contributed by atoms with E-state index < -0.39 is 17.3 Å². The zero-order valence-corrected chi connectivity index (χ0v) is 14.3. The van der Waals surface area contributed by atoms with Crippen molar-refractivity contribution < 1.29 is 17.9 Å². The molecule has 0 atom stereocenters. The molecule has 0 fully saturated rings. The maximum Gasteiger partial charge on any atom is 0.416 e. The van der Waals surface area contributed by atoms with Crippen molar-refractivity contribution in [2.45, 2.75) is 12.8 Å². The lowest BCUT2D eigenvalue weighted by atomic mass is 10.2. The molecule has 0 spiro atoms. The Hall–Kier alpha value is -3.62. The summed E-state index contributed by atoms with van der Waals surface area (Å²) in [4.78, 5) is 20.8. The molecule has 9 heteroatoms. The van der Waals surface area contributed by atoms with E-state index in [4.69, 9.17) is 4.74 Å². The van der Waals surface area contributed by atoms with E-state index in [9.17, 15) is 18.0 Å². The van der Waals surface area contributed by atoms with Crippen molar-refractivity contribution in [3.8, 4) is 17.1 Å². The highest BCUT2D eigenvalue weighted by molar-refractivity contribution is 5.56. The van der Waals surface area contributed by atoms with Gasteiger partial charge in [0.2, 0.25) is 0 Å². The number of nitrogens with zero attached hydrogens (tertiary/aromatic N) is 3. The van der Waals surface area contributed by atoms with Crippen LogP contribution >= 0.6 is 0 Å². The van der Waals surface area contributed by atoms with Gasteiger partial charge < -0.3 is 4.74 Å². The molecule has 6 nitrogen and oxygen atoms in total. The molecular formula is C19H13F3N4O2. The van der Waals surface area contributed by atoms with E-state index in [0.29, 0.717) is 5.82 Å². The summed E-state index contributed by atoms with van der Waals surface area (Å²) in [5, 5.41) is 2.87. The number of aromatic amines is 1. The van der Waals surface area contributed by atoms with Crippen LogP contribution < -0.4 is 10.3 Å². The number of fused-ring (bicyclic) bond motifs is 1. The molecule has 142 valence electrons. The molecule has 4 rings (SSSR count). The molecule has 4 aromatic rings. The number of hydrogen-bond acceptors (Lipinski definition) is 4. The van der Waals surface area contributed by atoms with Crippen LogP contribution in [-0.4, -0.2) is 19.6 Å². The quantitative estimate of drug-likeness (QED) is 0.581. The second kappa shape index (κ2) is 6.84. The summed E-state index contributed by atoms with van der Waals surface area (Å²) in [6.07, 6.45) is -4.46. The molecule has 0 radical (unpaired) electrons. The summed E-state index contributed by atoms with van der Waals surface area (Å²) in [6.45, 7) is -0.166. The lowest BCUT2D eigenvalue weighted by molar-refractivity contribution is -0.137. The average molecular weight is 386 g/mol. The van der Waals surface area contributed by atoms with Gasteiger partial charge in [-0.05, 0) is 18.2 Å². The van der Waals surface area contributed by atoms with Gasteiger partial charge in [-0.3, -0.25) is 9.89 Å². The Morgan fingerprint density at radius 2 is 1.79 bits per heavy atom. The molecule has 0 aliphatic heterocycles. The van der Waals surface area contributed by atoms with Crippen LogP contribution in [0.25, 0.3) is 17.2 Å². The average Bonchev–Trinajstić information content (AvgIpc) is 3.12. The summed E-state index contributed by atoms with van der Waals surface area (Å²) < 4.78 is 44.9. The predicted octanol–water partition coefficient (Wildman–Crippen LogP) is 3.68. The van der Waals surface area contributed by atoms with E-state index in [0.717, 1.165) is 17.7 Å². The second-order valence-electron chi connectivity index (χ2n) is 5.97. The molecule has 0 saturated carbocycles. The smallest absolute Gasteiger partial charge is 0.416 e. The number of aromatic nitrogens is 4. The number of nitrogens with one attached hydrogen (secondary N) is 1. The van der Waals surface area contributed by atoms with Crippen molar-refractivity contribution in [3.63, 3.8) is 0 Å². The molecule has 2 aromatic heterocycles. The molecular weight excluding hydrogens is 373 g/mol. The normalized spacial score (nSPS) is 11.7. The fourth-order valence-corrected chi connectivity index (χ4v) is 2.65. The van der Waals surface area contributed by atoms with E-state index in [1.165, 1.54) is 22.7 Å². The van der Waals surface area contributed by atoms with Gasteiger partial charge in [0, 0.05) is 11.6 Å². The van der Waals surface area contributed by atoms with Gasteiger partial charge >= 0.3 is 6.18 Å². The number of hydrogen-bond donors (Lipinski definition) is 1. The highest BCUT2D eigenvalue weighted by Gasteiger charge is 2.30. The second-order valence-corrected chi connectivity index (χ2v) is 5.97. The van der Waals surface area contributed by atoms with Crippen LogP contribution in [0.4, 0.5) is 13.2 Å².